The molecule has 5 rings (SSSR count). The maximum Gasteiger partial charge on any atom is 0.259 e. The van der Waals surface area contributed by atoms with Crippen LogP contribution < -0.4 is 10.2 Å². The van der Waals surface area contributed by atoms with Crippen LogP contribution >= 0.6 is 11.3 Å². The Balaban J connectivity index is 1.42. The van der Waals surface area contributed by atoms with E-state index in [1.165, 1.54) is 0 Å². The van der Waals surface area contributed by atoms with Gasteiger partial charge in [0.05, 0.1) is 17.0 Å². The smallest absolute Gasteiger partial charge is 0.259 e. The molecule has 1 aliphatic heterocycles. The molecule has 32 heavy (non-hydrogen) atoms. The second kappa shape index (κ2) is 8.80. The highest BCUT2D eigenvalue weighted by molar-refractivity contribution is 7.13. The highest BCUT2D eigenvalue weighted by Crippen LogP contribution is 2.29. The number of anilines is 2. The van der Waals surface area contributed by atoms with Crippen LogP contribution in [0, 0.1) is 0 Å². The molecule has 1 N–H and O–H groups in total. The Morgan fingerprint density at radius 1 is 1.06 bits per heavy atom. The molecule has 0 bridgehead atoms. The Morgan fingerprint density at radius 3 is 2.69 bits per heavy atom. The van der Waals surface area contributed by atoms with Gasteiger partial charge in [-0.3, -0.25) is 14.3 Å². The Labute approximate surface area is 190 Å². The van der Waals surface area contributed by atoms with Gasteiger partial charge in [-0.25, -0.2) is 0 Å². The number of hydrogen-bond acceptors (Lipinski definition) is 4. The number of hydrogen-bond donors (Lipinski definition) is 1. The fourth-order valence-electron chi connectivity index (χ4n) is 3.91. The quantitative estimate of drug-likeness (QED) is 0.455. The first kappa shape index (κ1) is 20.2. The zero-order chi connectivity index (χ0) is 21.9. The SMILES string of the molecule is O=C(Nc1cccc(N2CCCC2=O)c1)c1cn(Cc2ccccc2)nc1-c1cccs1. The predicted molar refractivity (Wildman–Crippen MR) is 127 cm³/mol. The van der Waals surface area contributed by atoms with Gasteiger partial charge in [-0.2, -0.15) is 5.10 Å². The zero-order valence-corrected chi connectivity index (χ0v) is 18.2. The van der Waals surface area contributed by atoms with Crippen molar-refractivity contribution in [3.05, 3.63) is 89.4 Å². The summed E-state index contributed by atoms with van der Waals surface area (Å²) in [5.41, 5.74) is 3.76. The summed E-state index contributed by atoms with van der Waals surface area (Å²) in [4.78, 5) is 28.1. The number of carbonyl (C=O) groups excluding carboxylic acids is 2. The third-order valence-corrected chi connectivity index (χ3v) is 6.31. The van der Waals surface area contributed by atoms with Crippen LogP contribution in [-0.4, -0.2) is 28.1 Å². The number of benzene rings is 2. The molecule has 160 valence electrons. The highest BCUT2D eigenvalue weighted by Gasteiger charge is 2.23. The number of nitrogens with one attached hydrogen (secondary N) is 1. The molecule has 2 aromatic carbocycles. The van der Waals surface area contributed by atoms with Crippen molar-refractivity contribution in [2.75, 3.05) is 16.8 Å². The van der Waals surface area contributed by atoms with Gasteiger partial charge < -0.3 is 10.2 Å². The van der Waals surface area contributed by atoms with Crippen molar-refractivity contribution in [2.45, 2.75) is 19.4 Å². The maximum atomic E-state index is 13.3. The van der Waals surface area contributed by atoms with Crippen LogP contribution in [0.1, 0.15) is 28.8 Å². The van der Waals surface area contributed by atoms with E-state index in [0.717, 1.165) is 22.5 Å². The summed E-state index contributed by atoms with van der Waals surface area (Å²) in [5.74, 6) is -0.103. The molecule has 1 fully saturated rings. The van der Waals surface area contributed by atoms with Crippen molar-refractivity contribution in [3.8, 4) is 10.6 Å². The number of aromatic nitrogens is 2. The van der Waals surface area contributed by atoms with Crippen LogP contribution in [0.15, 0.2) is 78.3 Å². The number of amides is 2. The van der Waals surface area contributed by atoms with Crippen LogP contribution in [0.25, 0.3) is 10.6 Å². The van der Waals surface area contributed by atoms with Crippen molar-refractivity contribution < 1.29 is 9.59 Å². The summed E-state index contributed by atoms with van der Waals surface area (Å²) < 4.78 is 1.80. The highest BCUT2D eigenvalue weighted by atomic mass is 32.1. The average molecular weight is 443 g/mol. The van der Waals surface area contributed by atoms with E-state index in [4.69, 9.17) is 5.10 Å². The number of nitrogens with zero attached hydrogens (tertiary/aromatic N) is 3. The van der Waals surface area contributed by atoms with Gasteiger partial charge in [0.1, 0.15) is 5.69 Å². The molecule has 0 saturated carbocycles. The fourth-order valence-corrected chi connectivity index (χ4v) is 4.63. The lowest BCUT2D eigenvalue weighted by atomic mass is 10.2. The molecule has 4 aromatic rings. The minimum absolute atomic E-state index is 0.121. The van der Waals surface area contributed by atoms with Crippen LogP contribution in [0.5, 0.6) is 0 Å². The first-order valence-corrected chi connectivity index (χ1v) is 11.4. The van der Waals surface area contributed by atoms with Gasteiger partial charge in [0.25, 0.3) is 5.91 Å². The summed E-state index contributed by atoms with van der Waals surface area (Å²) >= 11 is 1.55. The van der Waals surface area contributed by atoms with E-state index in [-0.39, 0.29) is 11.8 Å². The molecule has 0 unspecified atom stereocenters. The van der Waals surface area contributed by atoms with Crippen molar-refractivity contribution in [1.29, 1.82) is 0 Å². The number of rotatable bonds is 6. The van der Waals surface area contributed by atoms with E-state index >= 15 is 0 Å². The van der Waals surface area contributed by atoms with E-state index in [1.54, 1.807) is 27.1 Å². The lowest BCUT2D eigenvalue weighted by molar-refractivity contribution is -0.117. The lowest BCUT2D eigenvalue weighted by Gasteiger charge is -2.16. The Bertz CT molecular complexity index is 1250. The van der Waals surface area contributed by atoms with Gasteiger partial charge in [0, 0.05) is 30.5 Å². The number of thiophene rings is 1. The third-order valence-electron chi connectivity index (χ3n) is 5.44. The van der Waals surface area contributed by atoms with Crippen molar-refractivity contribution in [3.63, 3.8) is 0 Å². The maximum absolute atomic E-state index is 13.3. The zero-order valence-electron chi connectivity index (χ0n) is 17.4. The van der Waals surface area contributed by atoms with Crippen molar-refractivity contribution >= 4 is 34.5 Å². The molecule has 0 radical (unpaired) electrons. The molecule has 6 nitrogen and oxygen atoms in total. The van der Waals surface area contributed by atoms with Gasteiger partial charge in [-0.05, 0) is 41.6 Å². The second-order valence-electron chi connectivity index (χ2n) is 7.71. The third kappa shape index (κ3) is 4.20. The summed E-state index contributed by atoms with van der Waals surface area (Å²) in [5, 5.41) is 9.68. The molecule has 2 amide bonds. The van der Waals surface area contributed by atoms with Crippen LogP contribution in [0.4, 0.5) is 11.4 Å². The lowest BCUT2D eigenvalue weighted by Crippen LogP contribution is -2.23. The molecule has 3 heterocycles. The van der Waals surface area contributed by atoms with Gasteiger partial charge in [0.2, 0.25) is 5.91 Å². The van der Waals surface area contributed by atoms with E-state index in [2.05, 4.69) is 5.32 Å². The molecular formula is C25H22N4O2S. The average Bonchev–Trinajstić information content (AvgIpc) is 3.55. The standard InChI is InChI=1S/C25H22N4O2S/c30-23-12-5-13-29(23)20-10-4-9-19(15-20)26-25(31)21-17-28(16-18-7-2-1-3-8-18)27-24(21)22-11-6-14-32-22/h1-4,6-11,14-15,17H,5,12-13,16H2,(H,26,31). The van der Waals surface area contributed by atoms with Crippen LogP contribution in [0.3, 0.4) is 0 Å². The monoisotopic (exact) mass is 442 g/mol. The Morgan fingerprint density at radius 2 is 1.94 bits per heavy atom. The molecule has 1 aliphatic rings. The van der Waals surface area contributed by atoms with Gasteiger partial charge in [-0.1, -0.05) is 42.5 Å². The van der Waals surface area contributed by atoms with E-state index < -0.39 is 0 Å². The largest absolute Gasteiger partial charge is 0.322 e. The van der Waals surface area contributed by atoms with E-state index in [1.807, 2.05) is 72.1 Å². The summed E-state index contributed by atoms with van der Waals surface area (Å²) in [6.45, 7) is 1.30. The minimum Gasteiger partial charge on any atom is -0.322 e. The van der Waals surface area contributed by atoms with Crippen molar-refractivity contribution in [1.82, 2.24) is 9.78 Å². The van der Waals surface area contributed by atoms with E-state index in [0.29, 0.717) is 36.5 Å². The molecule has 2 aromatic heterocycles. The predicted octanol–water partition coefficient (Wildman–Crippen LogP) is 5.04. The topological polar surface area (TPSA) is 67.2 Å². The first-order valence-electron chi connectivity index (χ1n) is 10.5. The molecule has 7 heteroatoms. The summed E-state index contributed by atoms with van der Waals surface area (Å²) in [6.07, 6.45) is 3.23. The molecule has 0 spiro atoms. The van der Waals surface area contributed by atoms with Gasteiger partial charge in [-0.15, -0.1) is 11.3 Å². The van der Waals surface area contributed by atoms with Crippen molar-refractivity contribution in [2.24, 2.45) is 0 Å². The van der Waals surface area contributed by atoms with Gasteiger partial charge in [0.15, 0.2) is 0 Å². The molecular weight excluding hydrogens is 420 g/mol. The number of carbonyl (C=O) groups is 2. The first-order chi connectivity index (χ1) is 15.7. The normalized spacial score (nSPS) is 13.5. The fraction of sp³-hybridized carbons (Fsp3) is 0.160. The molecule has 0 atom stereocenters. The Kier molecular flexibility index (Phi) is 5.56. The van der Waals surface area contributed by atoms with Crippen LogP contribution in [-0.2, 0) is 11.3 Å². The van der Waals surface area contributed by atoms with E-state index in [9.17, 15) is 9.59 Å². The summed E-state index contributed by atoms with van der Waals surface area (Å²) in [7, 11) is 0. The second-order valence-corrected chi connectivity index (χ2v) is 8.65. The summed E-state index contributed by atoms with van der Waals surface area (Å²) in [6, 6.07) is 21.4. The molecule has 1 saturated heterocycles. The minimum atomic E-state index is -0.224. The van der Waals surface area contributed by atoms with Gasteiger partial charge >= 0.3 is 0 Å². The van der Waals surface area contributed by atoms with Crippen LogP contribution in [0.2, 0.25) is 0 Å². The molecule has 0 aliphatic carbocycles. The Hall–Kier alpha value is -3.71.